The smallest absolute Gasteiger partial charge is 0.748 e. The molecule has 0 amide bonds. The Bertz CT molecular complexity index is 322. The molecule has 0 aliphatic carbocycles. The van der Waals surface area contributed by atoms with Gasteiger partial charge < -0.3 is 9.29 Å². The van der Waals surface area contributed by atoms with Gasteiger partial charge in [0.15, 0.2) is 0 Å². The zero-order chi connectivity index (χ0) is 11.4. The molecule has 0 rings (SSSR count). The second kappa shape index (κ2) is 7.40. The van der Waals surface area contributed by atoms with Crippen molar-refractivity contribution in [3.8, 4) is 0 Å². The molecule has 0 radical (unpaired) electrons. The van der Waals surface area contributed by atoms with Crippen LogP contribution in [0.25, 0.3) is 0 Å². The molecule has 0 aromatic carbocycles. The fourth-order valence-electron chi connectivity index (χ4n) is 0.585. The quantitative estimate of drug-likeness (QED) is 0.230. The zero-order valence-electron chi connectivity index (χ0n) is 9.15. The van der Waals surface area contributed by atoms with Crippen LogP contribution in [0.3, 0.4) is 0 Å². The van der Waals surface area contributed by atoms with E-state index in [-0.39, 0.29) is 48.2 Å². The van der Waals surface area contributed by atoms with E-state index in [2.05, 4.69) is 11.3 Å². The van der Waals surface area contributed by atoms with E-state index < -0.39 is 21.3 Å². The van der Waals surface area contributed by atoms with Crippen LogP contribution in [0.15, 0.2) is 12.2 Å². The monoisotopic (exact) mass is 244 g/mol. The Balaban J connectivity index is 0. The summed E-state index contributed by atoms with van der Waals surface area (Å²) in [5.74, 6) is -0.583. The Hall–Kier alpha value is 0.120. The van der Waals surface area contributed by atoms with E-state index >= 15 is 0 Å². The number of rotatable bonds is 5. The second-order valence-corrected chi connectivity index (χ2v) is 4.80. The summed E-state index contributed by atoms with van der Waals surface area (Å²) in [6, 6.07) is 0. The summed E-state index contributed by atoms with van der Waals surface area (Å²) in [5.41, 5.74) is 0.239. The van der Waals surface area contributed by atoms with Crippen LogP contribution >= 0.6 is 0 Å². The third-order valence-electron chi connectivity index (χ3n) is 1.60. The van der Waals surface area contributed by atoms with Gasteiger partial charge in [-0.1, -0.05) is 6.58 Å². The van der Waals surface area contributed by atoms with Crippen molar-refractivity contribution in [2.45, 2.75) is 25.5 Å². The number of hydrogen-bond acceptors (Lipinski definition) is 5. The average molecular weight is 244 g/mol. The van der Waals surface area contributed by atoms with Crippen molar-refractivity contribution in [1.29, 1.82) is 0 Å². The third-order valence-corrected chi connectivity index (χ3v) is 2.82. The summed E-state index contributed by atoms with van der Waals surface area (Å²) in [6.07, 6.45) is 0.00481. The van der Waals surface area contributed by atoms with Crippen molar-refractivity contribution in [3.63, 3.8) is 0 Å². The number of hydrogen-bond donors (Lipinski definition) is 0. The SMILES string of the molecule is C=C(C)C(=O)OCCC(C)S(=O)(=O)[O-].[Na+]. The van der Waals surface area contributed by atoms with Crippen molar-refractivity contribution in [2.24, 2.45) is 0 Å². The summed E-state index contributed by atoms with van der Waals surface area (Å²) >= 11 is 0. The second-order valence-electron chi connectivity index (χ2n) is 3.01. The first-order valence-corrected chi connectivity index (χ1v) is 5.49. The van der Waals surface area contributed by atoms with Crippen LogP contribution in [0.4, 0.5) is 0 Å². The predicted octanol–water partition coefficient (Wildman–Crippen LogP) is -2.57. The number of ether oxygens (including phenoxy) is 1. The molecular weight excluding hydrogens is 231 g/mol. The van der Waals surface area contributed by atoms with Crippen molar-refractivity contribution in [3.05, 3.63) is 12.2 Å². The van der Waals surface area contributed by atoms with E-state index in [9.17, 15) is 17.8 Å². The molecule has 1 unspecified atom stereocenters. The molecule has 1 atom stereocenters. The molecule has 0 aromatic rings. The van der Waals surface area contributed by atoms with Crippen molar-refractivity contribution in [2.75, 3.05) is 6.61 Å². The van der Waals surface area contributed by atoms with Crippen LogP contribution in [0.1, 0.15) is 20.3 Å². The third kappa shape index (κ3) is 7.98. The molecule has 0 saturated carbocycles. The van der Waals surface area contributed by atoms with Gasteiger partial charge in [-0.3, -0.25) is 0 Å². The molecule has 15 heavy (non-hydrogen) atoms. The van der Waals surface area contributed by atoms with E-state index in [0.717, 1.165) is 0 Å². The first-order valence-electron chi connectivity index (χ1n) is 4.02. The maximum atomic E-state index is 10.8. The van der Waals surface area contributed by atoms with Crippen LogP contribution in [0, 0.1) is 0 Å². The largest absolute Gasteiger partial charge is 1.00 e. The molecule has 7 heteroatoms. The van der Waals surface area contributed by atoms with Crippen LogP contribution in [-0.4, -0.2) is 30.8 Å². The minimum Gasteiger partial charge on any atom is -0.748 e. The van der Waals surface area contributed by atoms with E-state index in [0.29, 0.717) is 0 Å². The molecule has 0 aromatic heterocycles. The molecule has 5 nitrogen and oxygen atoms in total. The average Bonchev–Trinajstić information content (AvgIpc) is 2.01. The van der Waals surface area contributed by atoms with Gasteiger partial charge in [-0.05, 0) is 20.3 Å². The van der Waals surface area contributed by atoms with Gasteiger partial charge in [0.05, 0.1) is 16.7 Å². The molecule has 0 bridgehead atoms. The topological polar surface area (TPSA) is 83.5 Å². The minimum atomic E-state index is -4.28. The number of carbonyl (C=O) groups excluding carboxylic acids is 1. The molecule has 0 heterocycles. The van der Waals surface area contributed by atoms with Gasteiger partial charge >= 0.3 is 35.5 Å². The van der Waals surface area contributed by atoms with Crippen LogP contribution in [0.2, 0.25) is 0 Å². The Morgan fingerprint density at radius 1 is 1.53 bits per heavy atom. The van der Waals surface area contributed by atoms with Gasteiger partial charge in [-0.25, -0.2) is 13.2 Å². The summed E-state index contributed by atoms with van der Waals surface area (Å²) in [5, 5.41) is -1.04. The predicted molar refractivity (Wildman–Crippen MR) is 49.5 cm³/mol. The van der Waals surface area contributed by atoms with Gasteiger partial charge in [0.25, 0.3) is 0 Å². The number of carbonyl (C=O) groups is 1. The normalized spacial score (nSPS) is 12.5. The maximum Gasteiger partial charge on any atom is 1.00 e. The maximum absolute atomic E-state index is 10.8. The Morgan fingerprint density at radius 3 is 2.33 bits per heavy atom. The first-order chi connectivity index (χ1) is 6.25. The standard InChI is InChI=1S/C8H14O5S.Na/c1-6(2)8(9)13-5-4-7(3)14(10,11)12;/h7H,1,4-5H2,2-3H3,(H,10,11,12);/q;+1/p-1. The van der Waals surface area contributed by atoms with Gasteiger partial charge in [0.1, 0.15) is 0 Å². The van der Waals surface area contributed by atoms with E-state index in [1.165, 1.54) is 13.8 Å². The van der Waals surface area contributed by atoms with Crippen LogP contribution < -0.4 is 29.6 Å². The van der Waals surface area contributed by atoms with Crippen LogP contribution in [0.5, 0.6) is 0 Å². The van der Waals surface area contributed by atoms with Crippen molar-refractivity contribution < 1.29 is 52.1 Å². The molecule has 0 aliphatic heterocycles. The molecule has 0 aliphatic rings. The molecule has 0 spiro atoms. The minimum absolute atomic E-state index is 0. The van der Waals surface area contributed by atoms with Gasteiger partial charge in [0.2, 0.25) is 0 Å². The van der Waals surface area contributed by atoms with Gasteiger partial charge in [-0.2, -0.15) is 0 Å². The van der Waals surface area contributed by atoms with Gasteiger partial charge in [-0.15, -0.1) is 0 Å². The molecule has 82 valence electrons. The Kier molecular flexibility index (Phi) is 8.64. The molecule has 0 saturated heterocycles. The van der Waals surface area contributed by atoms with Crippen molar-refractivity contribution >= 4 is 16.1 Å². The van der Waals surface area contributed by atoms with Crippen molar-refractivity contribution in [1.82, 2.24) is 0 Å². The number of esters is 1. The molecule has 0 N–H and O–H groups in total. The molecule has 0 fully saturated rings. The van der Waals surface area contributed by atoms with E-state index in [1.807, 2.05) is 0 Å². The van der Waals surface area contributed by atoms with Crippen LogP contribution in [-0.2, 0) is 19.6 Å². The fraction of sp³-hybridized carbons (Fsp3) is 0.625. The van der Waals surface area contributed by atoms with E-state index in [1.54, 1.807) is 0 Å². The fourth-order valence-corrected chi connectivity index (χ4v) is 0.970. The Labute approximate surface area is 112 Å². The summed E-state index contributed by atoms with van der Waals surface area (Å²) < 4.78 is 35.9. The van der Waals surface area contributed by atoms with Gasteiger partial charge in [0, 0.05) is 10.8 Å². The zero-order valence-corrected chi connectivity index (χ0v) is 12.0. The summed E-state index contributed by atoms with van der Waals surface area (Å²) in [4.78, 5) is 10.8. The summed E-state index contributed by atoms with van der Waals surface area (Å²) in [7, 11) is -4.28. The first kappa shape index (κ1) is 17.5. The summed E-state index contributed by atoms with van der Waals surface area (Å²) in [6.45, 7) is 6.02. The van der Waals surface area contributed by atoms with E-state index in [4.69, 9.17) is 0 Å². The molecular formula is C8H13NaO5S. The Morgan fingerprint density at radius 2 is 2.00 bits per heavy atom.